The first-order valence-electron chi connectivity index (χ1n) is 9.94. The zero-order chi connectivity index (χ0) is 19.1. The van der Waals surface area contributed by atoms with Gasteiger partial charge in [0, 0.05) is 33.2 Å². The minimum Gasteiger partial charge on any atom is -0.497 e. The predicted molar refractivity (Wildman–Crippen MR) is 108 cm³/mol. The Bertz CT molecular complexity index is 633. The van der Waals surface area contributed by atoms with E-state index in [0.717, 1.165) is 44.9 Å². The predicted octanol–water partition coefficient (Wildman–Crippen LogP) is 3.06. The highest BCUT2D eigenvalue weighted by molar-refractivity contribution is 5.77. The van der Waals surface area contributed by atoms with Gasteiger partial charge in [0.15, 0.2) is 0 Å². The van der Waals surface area contributed by atoms with Gasteiger partial charge in [0.1, 0.15) is 5.75 Å². The molecule has 0 aromatic heterocycles. The number of piperidine rings is 2. The van der Waals surface area contributed by atoms with Crippen molar-refractivity contribution in [1.29, 1.82) is 0 Å². The van der Waals surface area contributed by atoms with Crippen LogP contribution in [0.1, 0.15) is 31.2 Å². The van der Waals surface area contributed by atoms with Crippen LogP contribution in [0.4, 0.5) is 0 Å². The maximum atomic E-state index is 12.1. The number of methoxy groups -OCH3 is 2. The minimum absolute atomic E-state index is 0.294. The summed E-state index contributed by atoms with van der Waals surface area (Å²) in [5.41, 5.74) is 1.52. The summed E-state index contributed by atoms with van der Waals surface area (Å²) < 4.78 is 10.4. The molecule has 1 amide bonds. The molecular formula is C22H32N2O3. The third-order valence-electron chi connectivity index (χ3n) is 6.02. The summed E-state index contributed by atoms with van der Waals surface area (Å²) in [6.07, 6.45) is 8.52. The van der Waals surface area contributed by atoms with E-state index < -0.39 is 0 Å². The molecule has 148 valence electrons. The smallest absolute Gasteiger partial charge is 0.222 e. The summed E-state index contributed by atoms with van der Waals surface area (Å²) in [5, 5.41) is 0. The highest BCUT2D eigenvalue weighted by Gasteiger charge is 2.40. The second kappa shape index (κ2) is 9.38. The molecule has 0 N–H and O–H groups in total. The summed E-state index contributed by atoms with van der Waals surface area (Å²) in [4.78, 5) is 16.7. The van der Waals surface area contributed by atoms with Crippen molar-refractivity contribution in [3.8, 4) is 5.75 Å². The summed E-state index contributed by atoms with van der Waals surface area (Å²) in [6.45, 7) is 5.47. The SMILES string of the molecule is COCCN1CC2(CCC1=O)CCN(C/C=C/c1ccc(OC)cc1)CC2. The summed E-state index contributed by atoms with van der Waals surface area (Å²) in [5.74, 6) is 1.18. The molecule has 0 aliphatic carbocycles. The number of likely N-dealkylation sites (tertiary alicyclic amines) is 2. The highest BCUT2D eigenvalue weighted by atomic mass is 16.5. The molecule has 0 saturated carbocycles. The standard InChI is InChI=1S/C22H32N2O3/c1-26-17-16-24-18-22(10-9-21(24)25)11-14-23(15-12-22)13-3-4-19-5-7-20(27-2)8-6-19/h3-8H,9-18H2,1-2H3/b4-3+. The van der Waals surface area contributed by atoms with Crippen molar-refractivity contribution in [2.45, 2.75) is 25.7 Å². The molecule has 0 bridgehead atoms. The topological polar surface area (TPSA) is 42.0 Å². The van der Waals surface area contributed by atoms with E-state index >= 15 is 0 Å². The van der Waals surface area contributed by atoms with Gasteiger partial charge in [-0.1, -0.05) is 24.3 Å². The Morgan fingerprint density at radius 2 is 1.85 bits per heavy atom. The number of rotatable bonds is 7. The third kappa shape index (κ3) is 5.33. The fourth-order valence-electron chi connectivity index (χ4n) is 4.18. The molecule has 1 aromatic rings. The van der Waals surface area contributed by atoms with E-state index in [9.17, 15) is 4.79 Å². The molecule has 2 saturated heterocycles. The first kappa shape index (κ1) is 19.9. The van der Waals surface area contributed by atoms with Gasteiger partial charge in [-0.15, -0.1) is 0 Å². The molecule has 0 atom stereocenters. The van der Waals surface area contributed by atoms with Crippen LogP contribution in [-0.4, -0.2) is 69.3 Å². The maximum absolute atomic E-state index is 12.1. The number of carbonyl (C=O) groups is 1. The Kier molecular flexibility index (Phi) is 6.91. The lowest BCUT2D eigenvalue weighted by atomic mass is 9.72. The lowest BCUT2D eigenvalue weighted by Gasteiger charge is -2.47. The quantitative estimate of drug-likeness (QED) is 0.738. The van der Waals surface area contributed by atoms with E-state index in [1.807, 2.05) is 17.0 Å². The van der Waals surface area contributed by atoms with Crippen LogP contribution in [0.5, 0.6) is 5.75 Å². The Morgan fingerprint density at radius 1 is 1.11 bits per heavy atom. The lowest BCUT2D eigenvalue weighted by Crippen LogP contribution is -2.52. The average molecular weight is 373 g/mol. The van der Waals surface area contributed by atoms with Crippen LogP contribution in [0.15, 0.2) is 30.3 Å². The maximum Gasteiger partial charge on any atom is 0.222 e. The monoisotopic (exact) mass is 372 g/mol. The number of nitrogens with zero attached hydrogens (tertiary/aromatic N) is 2. The summed E-state index contributed by atoms with van der Waals surface area (Å²) >= 11 is 0. The van der Waals surface area contributed by atoms with Crippen molar-refractivity contribution < 1.29 is 14.3 Å². The number of ether oxygens (including phenoxy) is 2. The first-order valence-corrected chi connectivity index (χ1v) is 9.94. The van der Waals surface area contributed by atoms with Gasteiger partial charge in [-0.25, -0.2) is 0 Å². The van der Waals surface area contributed by atoms with Crippen LogP contribution in [0.3, 0.4) is 0 Å². The van der Waals surface area contributed by atoms with Gasteiger partial charge in [-0.2, -0.15) is 0 Å². The van der Waals surface area contributed by atoms with E-state index in [2.05, 4.69) is 29.2 Å². The van der Waals surface area contributed by atoms with Crippen LogP contribution in [0, 0.1) is 5.41 Å². The second-order valence-electron chi connectivity index (χ2n) is 7.78. The Morgan fingerprint density at radius 3 is 2.52 bits per heavy atom. The van der Waals surface area contributed by atoms with Gasteiger partial charge >= 0.3 is 0 Å². The van der Waals surface area contributed by atoms with Crippen LogP contribution in [0.2, 0.25) is 0 Å². The third-order valence-corrected chi connectivity index (χ3v) is 6.02. The molecular weight excluding hydrogens is 340 g/mol. The van der Waals surface area contributed by atoms with Crippen molar-refractivity contribution in [1.82, 2.24) is 9.80 Å². The Balaban J connectivity index is 1.46. The van der Waals surface area contributed by atoms with Gasteiger partial charge in [0.05, 0.1) is 13.7 Å². The van der Waals surface area contributed by atoms with Crippen LogP contribution in [0.25, 0.3) is 6.08 Å². The zero-order valence-corrected chi connectivity index (χ0v) is 16.7. The van der Waals surface area contributed by atoms with Crippen molar-refractivity contribution in [3.63, 3.8) is 0 Å². The van der Waals surface area contributed by atoms with Gasteiger partial charge in [-0.3, -0.25) is 9.69 Å². The fourth-order valence-corrected chi connectivity index (χ4v) is 4.18. The van der Waals surface area contributed by atoms with Gasteiger partial charge in [-0.05, 0) is 55.5 Å². The van der Waals surface area contributed by atoms with Crippen LogP contribution in [-0.2, 0) is 9.53 Å². The molecule has 27 heavy (non-hydrogen) atoms. The van der Waals surface area contributed by atoms with E-state index in [1.165, 1.54) is 18.4 Å². The highest BCUT2D eigenvalue weighted by Crippen LogP contribution is 2.40. The largest absolute Gasteiger partial charge is 0.497 e. The zero-order valence-electron chi connectivity index (χ0n) is 16.7. The molecule has 0 radical (unpaired) electrons. The molecule has 3 rings (SSSR count). The number of hydrogen-bond acceptors (Lipinski definition) is 4. The fraction of sp³-hybridized carbons (Fsp3) is 0.591. The Hall–Kier alpha value is -1.85. The number of carbonyl (C=O) groups excluding carboxylic acids is 1. The molecule has 1 spiro atoms. The van der Waals surface area contributed by atoms with E-state index in [0.29, 0.717) is 24.3 Å². The summed E-state index contributed by atoms with van der Waals surface area (Å²) in [6, 6.07) is 8.14. The molecule has 2 heterocycles. The van der Waals surface area contributed by atoms with Crippen LogP contribution < -0.4 is 4.74 Å². The number of hydrogen-bond donors (Lipinski definition) is 0. The van der Waals surface area contributed by atoms with E-state index in [-0.39, 0.29) is 0 Å². The number of benzene rings is 1. The molecule has 0 unspecified atom stereocenters. The van der Waals surface area contributed by atoms with Crippen LogP contribution >= 0.6 is 0 Å². The Labute approximate surface area is 162 Å². The van der Waals surface area contributed by atoms with Crippen molar-refractivity contribution in [3.05, 3.63) is 35.9 Å². The average Bonchev–Trinajstić information content (AvgIpc) is 2.71. The van der Waals surface area contributed by atoms with E-state index in [4.69, 9.17) is 9.47 Å². The molecule has 1 aromatic carbocycles. The molecule has 5 heteroatoms. The van der Waals surface area contributed by atoms with Gasteiger partial charge < -0.3 is 14.4 Å². The molecule has 2 aliphatic rings. The van der Waals surface area contributed by atoms with Gasteiger partial charge in [0.25, 0.3) is 0 Å². The van der Waals surface area contributed by atoms with E-state index in [1.54, 1.807) is 14.2 Å². The molecule has 5 nitrogen and oxygen atoms in total. The van der Waals surface area contributed by atoms with Gasteiger partial charge in [0.2, 0.25) is 5.91 Å². The molecule has 2 aliphatic heterocycles. The lowest BCUT2D eigenvalue weighted by molar-refractivity contribution is -0.139. The summed E-state index contributed by atoms with van der Waals surface area (Å²) in [7, 11) is 3.38. The molecule has 2 fully saturated rings. The second-order valence-corrected chi connectivity index (χ2v) is 7.78. The number of amides is 1. The van der Waals surface area contributed by atoms with Crippen molar-refractivity contribution >= 4 is 12.0 Å². The van der Waals surface area contributed by atoms with Crippen molar-refractivity contribution in [2.24, 2.45) is 5.41 Å². The van der Waals surface area contributed by atoms with Crippen molar-refractivity contribution in [2.75, 3.05) is 53.6 Å². The first-order chi connectivity index (χ1) is 13.1. The normalized spacial score (nSPS) is 20.5. The minimum atomic E-state index is 0.294.